The summed E-state index contributed by atoms with van der Waals surface area (Å²) in [4.78, 5) is 1.62. The number of hydrogen-bond donors (Lipinski definition) is 1. The third-order valence-corrected chi connectivity index (χ3v) is 5.45. The van der Waals surface area contributed by atoms with Gasteiger partial charge in [0.2, 0.25) is 0 Å². The van der Waals surface area contributed by atoms with Gasteiger partial charge in [-0.1, -0.05) is 19.8 Å². The van der Waals surface area contributed by atoms with Crippen molar-refractivity contribution in [2.45, 2.75) is 57.9 Å². The molecule has 1 fully saturated rings. The van der Waals surface area contributed by atoms with Gasteiger partial charge in [0.1, 0.15) is 0 Å². The number of likely N-dealkylation sites (N-methyl/N-ethyl adjacent to an activating group) is 1. The van der Waals surface area contributed by atoms with Crippen LogP contribution in [0.25, 0.3) is 0 Å². The Morgan fingerprint density at radius 2 is 2.18 bits per heavy atom. The first-order chi connectivity index (χ1) is 8.04. The molecule has 0 aliphatic heterocycles. The number of rotatable bonds is 6. The Kier molecular flexibility index (Phi) is 3.94. The Morgan fingerprint density at radius 1 is 1.47 bits per heavy atom. The van der Waals surface area contributed by atoms with Crippen molar-refractivity contribution in [1.82, 2.24) is 5.32 Å². The summed E-state index contributed by atoms with van der Waals surface area (Å²) in [5.74, 6) is 1.62. The number of aryl methyl sites for hydroxylation is 1. The lowest BCUT2D eigenvalue weighted by Crippen LogP contribution is -2.41. The van der Waals surface area contributed by atoms with Crippen molar-refractivity contribution in [3.8, 4) is 0 Å². The van der Waals surface area contributed by atoms with E-state index in [0.717, 1.165) is 5.92 Å². The summed E-state index contributed by atoms with van der Waals surface area (Å²) in [7, 11) is 2.06. The lowest BCUT2D eigenvalue weighted by molar-refractivity contribution is 0.359. The maximum Gasteiger partial charge on any atom is 0.0188 e. The molecule has 1 N–H and O–H groups in total. The second kappa shape index (κ2) is 5.11. The molecule has 1 heterocycles. The molecule has 96 valence electrons. The van der Waals surface area contributed by atoms with Gasteiger partial charge in [-0.15, -0.1) is 11.3 Å². The summed E-state index contributed by atoms with van der Waals surface area (Å²) in [6, 6.07) is 2.33. The van der Waals surface area contributed by atoms with Crippen LogP contribution in [-0.4, -0.2) is 12.6 Å². The Bertz CT molecular complexity index is 363. The maximum absolute atomic E-state index is 3.44. The standard InChI is InChI=1S/C15H25NS/c1-11(15(2,3)16-4)13-9-10-17-14(13)8-7-12-5-6-12/h9-12,16H,5-8H2,1-4H3. The zero-order valence-corrected chi connectivity index (χ0v) is 12.4. The molecule has 2 heteroatoms. The van der Waals surface area contributed by atoms with Gasteiger partial charge in [-0.05, 0) is 62.6 Å². The van der Waals surface area contributed by atoms with Crippen molar-refractivity contribution in [2.75, 3.05) is 7.05 Å². The lowest BCUT2D eigenvalue weighted by atomic mass is 9.83. The highest BCUT2D eigenvalue weighted by atomic mass is 32.1. The summed E-state index contributed by atoms with van der Waals surface area (Å²) in [6.45, 7) is 6.93. The Hall–Kier alpha value is -0.340. The highest BCUT2D eigenvalue weighted by Gasteiger charge is 2.28. The summed E-state index contributed by atoms with van der Waals surface area (Å²) < 4.78 is 0. The Labute approximate surface area is 110 Å². The van der Waals surface area contributed by atoms with Gasteiger partial charge in [0, 0.05) is 10.4 Å². The molecule has 1 nitrogen and oxygen atoms in total. The first-order valence-corrected chi connectivity index (χ1v) is 7.67. The third kappa shape index (κ3) is 3.11. The topological polar surface area (TPSA) is 12.0 Å². The zero-order chi connectivity index (χ0) is 12.5. The Morgan fingerprint density at radius 3 is 2.76 bits per heavy atom. The fraction of sp³-hybridized carbons (Fsp3) is 0.733. The SMILES string of the molecule is CNC(C)(C)C(C)c1ccsc1CCC1CC1. The largest absolute Gasteiger partial charge is 0.314 e. The van der Waals surface area contributed by atoms with Gasteiger partial charge in [-0.3, -0.25) is 0 Å². The molecule has 0 bridgehead atoms. The van der Waals surface area contributed by atoms with E-state index >= 15 is 0 Å². The third-order valence-electron chi connectivity index (χ3n) is 4.45. The van der Waals surface area contributed by atoms with Crippen molar-refractivity contribution in [3.63, 3.8) is 0 Å². The van der Waals surface area contributed by atoms with Crippen molar-refractivity contribution in [3.05, 3.63) is 21.9 Å². The normalized spacial score (nSPS) is 18.4. The fourth-order valence-electron chi connectivity index (χ4n) is 2.29. The molecule has 1 aromatic rings. The van der Waals surface area contributed by atoms with E-state index < -0.39 is 0 Å². The van der Waals surface area contributed by atoms with Gasteiger partial charge < -0.3 is 5.32 Å². The number of thiophene rings is 1. The molecule has 0 amide bonds. The van der Waals surface area contributed by atoms with Gasteiger partial charge in [-0.2, -0.15) is 0 Å². The molecule has 1 saturated carbocycles. The Balaban J connectivity index is 2.06. The highest BCUT2D eigenvalue weighted by molar-refractivity contribution is 7.10. The first kappa shape index (κ1) is 13.1. The van der Waals surface area contributed by atoms with Gasteiger partial charge >= 0.3 is 0 Å². The van der Waals surface area contributed by atoms with Gasteiger partial charge in [-0.25, -0.2) is 0 Å². The average Bonchev–Trinajstić information content (AvgIpc) is 3.03. The molecule has 1 aliphatic rings. The molecule has 0 radical (unpaired) electrons. The van der Waals surface area contributed by atoms with Crippen LogP contribution in [-0.2, 0) is 6.42 Å². The predicted molar refractivity (Wildman–Crippen MR) is 76.9 cm³/mol. The molecule has 0 spiro atoms. The van der Waals surface area contributed by atoms with E-state index in [1.165, 1.54) is 25.7 Å². The van der Waals surface area contributed by atoms with Crippen molar-refractivity contribution in [1.29, 1.82) is 0 Å². The molecular weight excluding hydrogens is 226 g/mol. The second-order valence-corrected chi connectivity index (χ2v) is 6.98. The van der Waals surface area contributed by atoms with E-state index in [4.69, 9.17) is 0 Å². The van der Waals surface area contributed by atoms with E-state index in [9.17, 15) is 0 Å². The molecular formula is C15H25NS. The van der Waals surface area contributed by atoms with E-state index in [0.29, 0.717) is 5.92 Å². The van der Waals surface area contributed by atoms with Crippen LogP contribution in [0, 0.1) is 5.92 Å². The highest BCUT2D eigenvalue weighted by Crippen LogP contribution is 2.37. The fourth-order valence-corrected chi connectivity index (χ4v) is 3.28. The minimum atomic E-state index is 0.176. The van der Waals surface area contributed by atoms with Crippen LogP contribution < -0.4 is 5.32 Å². The van der Waals surface area contributed by atoms with Crippen LogP contribution in [0.5, 0.6) is 0 Å². The van der Waals surface area contributed by atoms with Crippen LogP contribution >= 0.6 is 11.3 Å². The van der Waals surface area contributed by atoms with Gasteiger partial charge in [0.25, 0.3) is 0 Å². The van der Waals surface area contributed by atoms with Crippen LogP contribution in [0.3, 0.4) is 0 Å². The summed E-state index contributed by atoms with van der Waals surface area (Å²) in [5, 5.41) is 5.70. The quantitative estimate of drug-likeness (QED) is 0.799. The molecule has 17 heavy (non-hydrogen) atoms. The maximum atomic E-state index is 3.44. The zero-order valence-electron chi connectivity index (χ0n) is 11.5. The summed E-state index contributed by atoms with van der Waals surface area (Å²) in [6.07, 6.45) is 5.64. The molecule has 1 atom stereocenters. The minimum Gasteiger partial charge on any atom is -0.314 e. The van der Waals surface area contributed by atoms with Crippen LogP contribution in [0.2, 0.25) is 0 Å². The molecule has 1 unspecified atom stereocenters. The summed E-state index contributed by atoms with van der Waals surface area (Å²) >= 11 is 1.95. The van der Waals surface area contributed by atoms with E-state index in [2.05, 4.69) is 44.6 Å². The number of nitrogens with one attached hydrogen (secondary N) is 1. The van der Waals surface area contributed by atoms with E-state index in [-0.39, 0.29) is 5.54 Å². The molecule has 0 saturated heterocycles. The van der Waals surface area contributed by atoms with Crippen molar-refractivity contribution < 1.29 is 0 Å². The predicted octanol–water partition coefficient (Wildman–Crippen LogP) is 4.19. The monoisotopic (exact) mass is 251 g/mol. The molecule has 2 rings (SSSR count). The van der Waals surface area contributed by atoms with Crippen molar-refractivity contribution in [2.24, 2.45) is 5.92 Å². The van der Waals surface area contributed by atoms with Crippen LogP contribution in [0.1, 0.15) is 56.4 Å². The van der Waals surface area contributed by atoms with E-state index in [1.54, 1.807) is 10.4 Å². The lowest BCUT2D eigenvalue weighted by Gasteiger charge is -2.32. The second-order valence-electron chi connectivity index (χ2n) is 5.97. The molecule has 0 aromatic carbocycles. The van der Waals surface area contributed by atoms with Crippen LogP contribution in [0.15, 0.2) is 11.4 Å². The minimum absolute atomic E-state index is 0.176. The molecule has 1 aromatic heterocycles. The first-order valence-electron chi connectivity index (χ1n) is 6.79. The van der Waals surface area contributed by atoms with Crippen LogP contribution in [0.4, 0.5) is 0 Å². The van der Waals surface area contributed by atoms with Gasteiger partial charge in [0.15, 0.2) is 0 Å². The molecule has 1 aliphatic carbocycles. The van der Waals surface area contributed by atoms with Crippen molar-refractivity contribution >= 4 is 11.3 Å². The summed E-state index contributed by atoms with van der Waals surface area (Å²) in [5.41, 5.74) is 1.74. The van der Waals surface area contributed by atoms with Gasteiger partial charge in [0.05, 0.1) is 0 Å². The average molecular weight is 251 g/mol. The smallest absolute Gasteiger partial charge is 0.0188 e. The van der Waals surface area contributed by atoms with E-state index in [1.807, 2.05) is 11.3 Å². The number of hydrogen-bond acceptors (Lipinski definition) is 2.